The van der Waals surface area contributed by atoms with Gasteiger partial charge in [-0.15, -0.1) is 0 Å². The van der Waals surface area contributed by atoms with E-state index in [0.29, 0.717) is 12.3 Å². The van der Waals surface area contributed by atoms with Crippen molar-refractivity contribution < 1.29 is 14.4 Å². The zero-order valence-corrected chi connectivity index (χ0v) is 10.5. The van der Waals surface area contributed by atoms with Gasteiger partial charge >= 0.3 is 5.97 Å². The van der Waals surface area contributed by atoms with E-state index >= 15 is 0 Å². The van der Waals surface area contributed by atoms with Crippen LogP contribution < -0.4 is 0 Å². The Morgan fingerprint density at radius 2 is 2.18 bits per heavy atom. The van der Waals surface area contributed by atoms with E-state index < -0.39 is 5.97 Å². The molecule has 17 heavy (non-hydrogen) atoms. The Bertz CT molecular complexity index is 433. The van der Waals surface area contributed by atoms with E-state index in [4.69, 9.17) is 9.63 Å². The van der Waals surface area contributed by atoms with Gasteiger partial charge in [0.05, 0.1) is 6.42 Å². The predicted octanol–water partition coefficient (Wildman–Crippen LogP) is 2.16. The van der Waals surface area contributed by atoms with Gasteiger partial charge in [0.1, 0.15) is 0 Å². The van der Waals surface area contributed by atoms with Crippen molar-refractivity contribution in [3.05, 3.63) is 11.7 Å². The highest BCUT2D eigenvalue weighted by atomic mass is 16.5. The summed E-state index contributed by atoms with van der Waals surface area (Å²) in [6.07, 6.45) is 2.80. The van der Waals surface area contributed by atoms with E-state index in [2.05, 4.69) is 17.1 Å². The summed E-state index contributed by atoms with van der Waals surface area (Å²) >= 11 is 0. The van der Waals surface area contributed by atoms with Crippen molar-refractivity contribution >= 4 is 5.97 Å². The van der Waals surface area contributed by atoms with Crippen molar-refractivity contribution in [2.24, 2.45) is 5.41 Å². The second-order valence-electron chi connectivity index (χ2n) is 5.98. The molecule has 1 aliphatic carbocycles. The number of carboxylic acid groups (broad SMARTS) is 1. The van der Waals surface area contributed by atoms with Crippen LogP contribution in [-0.4, -0.2) is 21.2 Å². The fourth-order valence-corrected chi connectivity index (χ4v) is 1.86. The van der Waals surface area contributed by atoms with Crippen molar-refractivity contribution in [2.45, 2.75) is 51.9 Å². The molecule has 5 heteroatoms. The number of hydrogen-bond acceptors (Lipinski definition) is 4. The third kappa shape index (κ3) is 2.84. The van der Waals surface area contributed by atoms with Crippen molar-refractivity contribution in [1.29, 1.82) is 0 Å². The highest BCUT2D eigenvalue weighted by molar-refractivity contribution is 5.67. The summed E-state index contributed by atoms with van der Waals surface area (Å²) in [5, 5.41) is 12.8. The van der Waals surface area contributed by atoms with E-state index in [1.807, 2.05) is 13.8 Å². The Labute approximate surface area is 100 Å². The smallest absolute Gasteiger partial charge is 0.303 e. The number of hydrogen-bond donors (Lipinski definition) is 1. The van der Waals surface area contributed by atoms with Crippen molar-refractivity contribution in [2.75, 3.05) is 0 Å². The van der Waals surface area contributed by atoms with Crippen LogP contribution in [-0.2, 0) is 16.6 Å². The quantitative estimate of drug-likeness (QED) is 0.850. The van der Waals surface area contributed by atoms with Gasteiger partial charge in [-0.1, -0.05) is 25.9 Å². The number of rotatable bonds is 5. The minimum Gasteiger partial charge on any atom is -0.481 e. The molecule has 1 aliphatic rings. The van der Waals surface area contributed by atoms with Crippen LogP contribution in [0, 0.1) is 5.41 Å². The zero-order chi connectivity index (χ0) is 12.7. The Balaban J connectivity index is 2.03. The maximum absolute atomic E-state index is 10.7. The van der Waals surface area contributed by atoms with Gasteiger partial charge < -0.3 is 9.63 Å². The minimum atomic E-state index is -0.802. The van der Waals surface area contributed by atoms with Crippen LogP contribution in [0.5, 0.6) is 0 Å². The molecule has 0 bridgehead atoms. The second kappa shape index (κ2) is 3.82. The van der Waals surface area contributed by atoms with E-state index in [9.17, 15) is 4.79 Å². The highest BCUT2D eigenvalue weighted by Crippen LogP contribution is 2.46. The summed E-state index contributed by atoms with van der Waals surface area (Å²) in [6.45, 7) is 5.90. The molecular formula is C12H18N2O3. The van der Waals surface area contributed by atoms with Crippen molar-refractivity contribution in [1.82, 2.24) is 10.1 Å². The fraction of sp³-hybridized carbons (Fsp3) is 0.750. The number of nitrogens with zero attached hydrogens (tertiary/aromatic N) is 2. The lowest BCUT2D eigenvalue weighted by Gasteiger charge is -2.19. The third-order valence-electron chi connectivity index (χ3n) is 3.27. The molecule has 1 heterocycles. The van der Waals surface area contributed by atoms with Crippen molar-refractivity contribution in [3.8, 4) is 0 Å². The van der Waals surface area contributed by atoms with Gasteiger partial charge in [0.15, 0.2) is 5.82 Å². The predicted molar refractivity (Wildman–Crippen MR) is 60.6 cm³/mol. The zero-order valence-electron chi connectivity index (χ0n) is 10.5. The van der Waals surface area contributed by atoms with E-state index in [-0.39, 0.29) is 17.3 Å². The molecule has 0 aromatic carbocycles. The van der Waals surface area contributed by atoms with E-state index in [1.54, 1.807) is 0 Å². The van der Waals surface area contributed by atoms with Gasteiger partial charge in [-0.05, 0) is 18.3 Å². The fourth-order valence-electron chi connectivity index (χ4n) is 1.86. The summed E-state index contributed by atoms with van der Waals surface area (Å²) in [4.78, 5) is 15.1. The first-order valence-corrected chi connectivity index (χ1v) is 5.86. The van der Waals surface area contributed by atoms with Crippen LogP contribution in [0.1, 0.15) is 51.7 Å². The lowest BCUT2D eigenvalue weighted by molar-refractivity contribution is -0.139. The van der Waals surface area contributed by atoms with Crippen LogP contribution in [0.25, 0.3) is 0 Å². The minimum absolute atomic E-state index is 0.0959. The molecule has 5 nitrogen and oxygen atoms in total. The Morgan fingerprint density at radius 3 is 2.71 bits per heavy atom. The largest absolute Gasteiger partial charge is 0.481 e. The van der Waals surface area contributed by atoms with Gasteiger partial charge in [0.25, 0.3) is 0 Å². The van der Waals surface area contributed by atoms with Gasteiger partial charge in [-0.2, -0.15) is 4.98 Å². The summed E-state index contributed by atoms with van der Waals surface area (Å²) < 4.78 is 5.19. The lowest BCUT2D eigenvalue weighted by atomic mass is 9.86. The number of carbonyl (C=O) groups is 1. The molecule has 0 saturated heterocycles. The van der Waals surface area contributed by atoms with Gasteiger partial charge in [0.2, 0.25) is 5.89 Å². The third-order valence-corrected chi connectivity index (χ3v) is 3.27. The molecular weight excluding hydrogens is 220 g/mol. The molecule has 1 aromatic heterocycles. The van der Waals surface area contributed by atoms with Gasteiger partial charge in [-0.25, -0.2) is 0 Å². The average Bonchev–Trinajstić information content (AvgIpc) is 2.73. The number of carboxylic acids is 1. The molecule has 0 amide bonds. The normalized spacial score (nSPS) is 18.1. The Hall–Kier alpha value is -1.39. The van der Waals surface area contributed by atoms with Crippen LogP contribution in [0.2, 0.25) is 0 Å². The molecule has 1 N–H and O–H groups in total. The first-order chi connectivity index (χ1) is 7.81. The summed E-state index contributed by atoms with van der Waals surface area (Å²) in [5.41, 5.74) is -0.265. The standard InChI is InChI=1S/C12H18N2O3/c1-11(2,7-9(15)16)6-8-13-10(14-17-8)12(3)4-5-12/h4-7H2,1-3H3,(H,15,16). The molecule has 1 fully saturated rings. The van der Waals surface area contributed by atoms with Crippen LogP contribution in [0.4, 0.5) is 0 Å². The van der Waals surface area contributed by atoms with E-state index in [1.165, 1.54) is 0 Å². The molecule has 0 aliphatic heterocycles. The lowest BCUT2D eigenvalue weighted by Crippen LogP contribution is -2.20. The number of aromatic nitrogens is 2. The highest BCUT2D eigenvalue weighted by Gasteiger charge is 2.43. The monoisotopic (exact) mass is 238 g/mol. The molecule has 0 unspecified atom stereocenters. The van der Waals surface area contributed by atoms with Crippen LogP contribution >= 0.6 is 0 Å². The molecule has 0 radical (unpaired) electrons. The number of aliphatic carboxylic acids is 1. The molecule has 1 aromatic rings. The maximum atomic E-state index is 10.7. The Morgan fingerprint density at radius 1 is 1.53 bits per heavy atom. The van der Waals surface area contributed by atoms with Crippen LogP contribution in [0.15, 0.2) is 4.52 Å². The SMILES string of the molecule is CC(C)(CC(=O)O)Cc1nc(C2(C)CC2)no1. The van der Waals surface area contributed by atoms with Gasteiger partial charge in [0, 0.05) is 11.8 Å². The summed E-state index contributed by atoms with van der Waals surface area (Å²) in [7, 11) is 0. The molecule has 2 rings (SSSR count). The first kappa shape index (κ1) is 12.1. The topological polar surface area (TPSA) is 76.2 Å². The summed E-state index contributed by atoms with van der Waals surface area (Å²) in [6, 6.07) is 0. The van der Waals surface area contributed by atoms with Crippen LogP contribution in [0.3, 0.4) is 0 Å². The molecule has 1 saturated carbocycles. The average molecular weight is 238 g/mol. The Kier molecular flexibility index (Phi) is 2.72. The summed E-state index contributed by atoms with van der Waals surface area (Å²) in [5.74, 6) is 0.502. The second-order valence-corrected chi connectivity index (χ2v) is 5.98. The molecule has 0 spiro atoms. The first-order valence-electron chi connectivity index (χ1n) is 5.86. The maximum Gasteiger partial charge on any atom is 0.303 e. The molecule has 0 atom stereocenters. The van der Waals surface area contributed by atoms with E-state index in [0.717, 1.165) is 18.7 Å². The van der Waals surface area contributed by atoms with Gasteiger partial charge in [-0.3, -0.25) is 4.79 Å². The van der Waals surface area contributed by atoms with Crippen molar-refractivity contribution in [3.63, 3.8) is 0 Å². The molecule has 94 valence electrons.